The Bertz CT molecular complexity index is 1410. The number of hydrogen-bond donors (Lipinski definition) is 2. The monoisotopic (exact) mass is 533 g/mol. The van der Waals surface area contributed by atoms with Crippen LogP contribution in [0.2, 0.25) is 5.02 Å². The maximum Gasteiger partial charge on any atom is 0.335 e. The molecule has 0 aliphatic rings. The van der Waals surface area contributed by atoms with Crippen molar-refractivity contribution < 1.29 is 19.8 Å². The molecule has 4 aromatic rings. The molecule has 0 saturated heterocycles. The number of rotatable bonds is 12. The summed E-state index contributed by atoms with van der Waals surface area (Å²) in [7, 11) is 0. The van der Waals surface area contributed by atoms with Crippen molar-refractivity contribution in [3.05, 3.63) is 112 Å². The summed E-state index contributed by atoms with van der Waals surface area (Å²) in [5.41, 5.74) is 5.29. The van der Waals surface area contributed by atoms with Gasteiger partial charge in [-0.1, -0.05) is 66.2 Å². The molecule has 37 heavy (non-hydrogen) atoms. The average Bonchev–Trinajstić information content (AvgIpc) is 2.89. The third kappa shape index (κ3) is 7.57. The molecule has 2 N–H and O–H groups in total. The maximum absolute atomic E-state index is 11.6. The molecule has 4 rings (SSSR count). The molecule has 1 aromatic heterocycles. The molecule has 0 radical (unpaired) electrons. The van der Waals surface area contributed by atoms with Gasteiger partial charge in [0.25, 0.3) is 0 Å². The van der Waals surface area contributed by atoms with E-state index in [1.54, 1.807) is 23.9 Å². The molecule has 3 aromatic carbocycles. The summed E-state index contributed by atoms with van der Waals surface area (Å²) in [6.45, 7) is 0. The highest BCUT2D eigenvalue weighted by molar-refractivity contribution is 7.99. The number of nitrogens with zero attached hydrogens (tertiary/aromatic N) is 1. The van der Waals surface area contributed by atoms with Gasteiger partial charge in [0.05, 0.1) is 17.5 Å². The number of halogens is 1. The van der Waals surface area contributed by atoms with Gasteiger partial charge in [0.2, 0.25) is 0 Å². The number of hydrogen-bond acceptors (Lipinski definition) is 4. The van der Waals surface area contributed by atoms with Gasteiger partial charge in [0, 0.05) is 27.1 Å². The summed E-state index contributed by atoms with van der Waals surface area (Å²) < 4.78 is 0. The first-order valence-electron chi connectivity index (χ1n) is 12.2. The second kappa shape index (κ2) is 12.7. The van der Waals surface area contributed by atoms with Gasteiger partial charge in [-0.2, -0.15) is 11.8 Å². The van der Waals surface area contributed by atoms with Crippen LogP contribution in [0.4, 0.5) is 0 Å². The predicted molar refractivity (Wildman–Crippen MR) is 150 cm³/mol. The molecule has 0 spiro atoms. The highest BCUT2D eigenvalue weighted by Gasteiger charge is 2.16. The highest BCUT2D eigenvalue weighted by Crippen LogP contribution is 2.35. The number of aromatic nitrogens is 1. The normalized spacial score (nSPS) is 11.9. The van der Waals surface area contributed by atoms with Crippen molar-refractivity contribution in [2.45, 2.75) is 37.4 Å². The van der Waals surface area contributed by atoms with Crippen LogP contribution in [0.25, 0.3) is 10.9 Å². The lowest BCUT2D eigenvalue weighted by Gasteiger charge is -2.18. The first kappa shape index (κ1) is 26.7. The van der Waals surface area contributed by atoms with Gasteiger partial charge < -0.3 is 10.2 Å². The summed E-state index contributed by atoms with van der Waals surface area (Å²) in [5.74, 6) is -1.26. The van der Waals surface area contributed by atoms with E-state index in [9.17, 15) is 14.7 Å². The summed E-state index contributed by atoms with van der Waals surface area (Å²) in [4.78, 5) is 27.5. The van der Waals surface area contributed by atoms with Crippen LogP contribution in [0, 0.1) is 0 Å². The molecule has 0 saturated carbocycles. The van der Waals surface area contributed by atoms with Crippen LogP contribution in [0.1, 0.15) is 50.8 Å². The van der Waals surface area contributed by atoms with E-state index in [0.717, 1.165) is 40.6 Å². The largest absolute Gasteiger partial charge is 0.481 e. The summed E-state index contributed by atoms with van der Waals surface area (Å²) in [6, 6.07) is 25.3. The van der Waals surface area contributed by atoms with E-state index >= 15 is 0 Å². The van der Waals surface area contributed by atoms with Gasteiger partial charge in [0.15, 0.2) is 0 Å². The molecule has 1 unspecified atom stereocenters. The fraction of sp³-hybridized carbons (Fsp3) is 0.233. The van der Waals surface area contributed by atoms with Gasteiger partial charge in [-0.3, -0.25) is 9.78 Å². The topological polar surface area (TPSA) is 87.5 Å². The third-order valence-electron chi connectivity index (χ3n) is 6.26. The number of aryl methyl sites for hydroxylation is 3. The van der Waals surface area contributed by atoms with Gasteiger partial charge >= 0.3 is 11.9 Å². The molecule has 0 bridgehead atoms. The molecule has 0 fully saturated rings. The molecule has 0 aliphatic carbocycles. The number of carboxylic acids is 2. The van der Waals surface area contributed by atoms with Crippen LogP contribution >= 0.6 is 23.4 Å². The van der Waals surface area contributed by atoms with E-state index in [1.165, 1.54) is 5.56 Å². The minimum Gasteiger partial charge on any atom is -0.481 e. The van der Waals surface area contributed by atoms with E-state index < -0.39 is 11.9 Å². The summed E-state index contributed by atoms with van der Waals surface area (Å²) >= 11 is 7.74. The maximum atomic E-state index is 11.6. The van der Waals surface area contributed by atoms with Gasteiger partial charge in [-0.15, -0.1) is 0 Å². The summed E-state index contributed by atoms with van der Waals surface area (Å²) in [6.07, 6.45) is 3.01. The smallest absolute Gasteiger partial charge is 0.335 e. The SMILES string of the molecule is O=C(O)CCSC(CCc1ccccc1C(=O)O)c1cccc(CCc2ccc3ccc(Cl)cc3n2)c1. The Balaban J connectivity index is 1.48. The Morgan fingerprint density at radius 2 is 1.70 bits per heavy atom. The fourth-order valence-corrected chi connectivity index (χ4v) is 5.73. The lowest BCUT2D eigenvalue weighted by Crippen LogP contribution is -2.06. The fourth-order valence-electron chi connectivity index (χ4n) is 4.36. The Morgan fingerprint density at radius 3 is 2.51 bits per heavy atom. The van der Waals surface area contributed by atoms with Crippen molar-refractivity contribution in [1.29, 1.82) is 0 Å². The van der Waals surface area contributed by atoms with Crippen molar-refractivity contribution in [3.8, 4) is 0 Å². The van der Waals surface area contributed by atoms with Crippen LogP contribution in [-0.4, -0.2) is 32.9 Å². The zero-order valence-corrected chi connectivity index (χ0v) is 21.8. The Morgan fingerprint density at radius 1 is 0.892 bits per heavy atom. The van der Waals surface area contributed by atoms with Crippen LogP contribution in [-0.2, 0) is 24.1 Å². The van der Waals surface area contributed by atoms with E-state index in [2.05, 4.69) is 24.3 Å². The number of aliphatic carboxylic acids is 1. The van der Waals surface area contributed by atoms with Crippen molar-refractivity contribution in [1.82, 2.24) is 4.98 Å². The number of carboxylic acid groups (broad SMARTS) is 2. The highest BCUT2D eigenvalue weighted by atomic mass is 35.5. The zero-order chi connectivity index (χ0) is 26.2. The first-order chi connectivity index (χ1) is 17.9. The molecule has 7 heteroatoms. The van der Waals surface area contributed by atoms with Crippen LogP contribution in [0.15, 0.2) is 78.9 Å². The number of thioether (sulfide) groups is 1. The predicted octanol–water partition coefficient (Wildman–Crippen LogP) is 7.25. The zero-order valence-electron chi connectivity index (χ0n) is 20.3. The third-order valence-corrected chi connectivity index (χ3v) is 7.85. The van der Waals surface area contributed by atoms with E-state index in [1.807, 2.05) is 42.5 Å². The van der Waals surface area contributed by atoms with Gasteiger partial charge in [-0.05, 0) is 66.6 Å². The van der Waals surface area contributed by atoms with Crippen LogP contribution in [0.5, 0.6) is 0 Å². The lowest BCUT2D eigenvalue weighted by molar-refractivity contribution is -0.136. The molecule has 5 nitrogen and oxygen atoms in total. The number of pyridine rings is 1. The lowest BCUT2D eigenvalue weighted by atomic mass is 9.97. The minimum absolute atomic E-state index is 0.0575. The quantitative estimate of drug-likeness (QED) is 0.199. The van der Waals surface area contributed by atoms with Crippen LogP contribution < -0.4 is 0 Å². The number of carbonyl (C=O) groups is 2. The van der Waals surface area contributed by atoms with Crippen LogP contribution in [0.3, 0.4) is 0 Å². The minimum atomic E-state index is -0.933. The number of benzene rings is 3. The molecule has 190 valence electrons. The van der Waals surface area contributed by atoms with E-state index in [0.29, 0.717) is 29.2 Å². The van der Waals surface area contributed by atoms with Crippen molar-refractivity contribution in [2.75, 3.05) is 5.75 Å². The van der Waals surface area contributed by atoms with Gasteiger partial charge in [0.1, 0.15) is 0 Å². The molecule has 1 atom stereocenters. The number of aromatic carboxylic acids is 1. The van der Waals surface area contributed by atoms with Gasteiger partial charge in [-0.25, -0.2) is 4.79 Å². The number of fused-ring (bicyclic) bond motifs is 1. The van der Waals surface area contributed by atoms with E-state index in [4.69, 9.17) is 21.7 Å². The molecular formula is C30H28ClNO4S. The van der Waals surface area contributed by atoms with Crippen molar-refractivity contribution in [3.63, 3.8) is 0 Å². The Labute approximate surface area is 225 Å². The standard InChI is InChI=1S/C30H28ClNO4S/c31-24-12-9-22-10-14-25(32-27(22)19-24)13-8-20-4-3-6-23(18-20)28(37-17-16-29(33)34)15-11-21-5-1-2-7-26(21)30(35)36/h1-7,9-10,12,14,18-19,28H,8,11,13,15-17H2,(H,33,34)(H,35,36). The Kier molecular flexibility index (Phi) is 9.20. The second-order valence-corrected chi connectivity index (χ2v) is 10.6. The van der Waals surface area contributed by atoms with Crippen molar-refractivity contribution >= 4 is 46.2 Å². The Hall–Kier alpha value is -3.35. The second-order valence-electron chi connectivity index (χ2n) is 8.89. The van der Waals surface area contributed by atoms with E-state index in [-0.39, 0.29) is 11.7 Å². The molecule has 0 amide bonds. The first-order valence-corrected chi connectivity index (χ1v) is 13.6. The molecule has 1 heterocycles. The summed E-state index contributed by atoms with van der Waals surface area (Å²) in [5, 5.41) is 20.4. The van der Waals surface area contributed by atoms with Crippen molar-refractivity contribution in [2.24, 2.45) is 0 Å². The molecular weight excluding hydrogens is 506 g/mol. The molecule has 0 aliphatic heterocycles. The average molecular weight is 534 g/mol.